The minimum Gasteiger partial charge on any atom is -0.393 e. The van der Waals surface area contributed by atoms with Gasteiger partial charge in [-0.3, -0.25) is 0 Å². The molecule has 3 nitrogen and oxygen atoms in total. The van der Waals surface area contributed by atoms with Gasteiger partial charge in [0.1, 0.15) is 0 Å². The summed E-state index contributed by atoms with van der Waals surface area (Å²) in [6.07, 6.45) is 5.50. The highest BCUT2D eigenvalue weighted by atomic mass is 16.3. The largest absolute Gasteiger partial charge is 0.393 e. The van der Waals surface area contributed by atoms with E-state index in [1.165, 1.54) is 12.8 Å². The minimum absolute atomic E-state index is 0.176. The maximum atomic E-state index is 9.29. The van der Waals surface area contributed by atoms with E-state index >= 15 is 0 Å². The predicted octanol–water partition coefficient (Wildman–Crippen LogP) is 1.35. The monoisotopic (exact) mass is 214 g/mol. The van der Waals surface area contributed by atoms with Crippen molar-refractivity contribution in [1.29, 1.82) is 0 Å². The summed E-state index contributed by atoms with van der Waals surface area (Å²) in [5, 5.41) is 9.29. The molecule has 0 aromatic heterocycles. The summed E-state index contributed by atoms with van der Waals surface area (Å²) < 4.78 is 0. The van der Waals surface area contributed by atoms with Gasteiger partial charge < -0.3 is 15.7 Å². The third-order valence-electron chi connectivity index (χ3n) is 3.50. The molecule has 1 rings (SSSR count). The maximum absolute atomic E-state index is 9.29. The summed E-state index contributed by atoms with van der Waals surface area (Å²) in [7, 11) is 0. The SMILES string of the molecule is CCN(CCC(C)O)C1CCC(N)CC1. The second-order valence-electron chi connectivity index (χ2n) is 4.83. The van der Waals surface area contributed by atoms with E-state index in [4.69, 9.17) is 5.73 Å². The van der Waals surface area contributed by atoms with E-state index in [-0.39, 0.29) is 6.10 Å². The lowest BCUT2D eigenvalue weighted by atomic mass is 9.90. The number of hydrogen-bond donors (Lipinski definition) is 2. The van der Waals surface area contributed by atoms with Gasteiger partial charge in [0.2, 0.25) is 0 Å². The standard InChI is InChI=1S/C12H26N2O/c1-3-14(9-8-10(2)15)12-6-4-11(13)5-7-12/h10-12,15H,3-9,13H2,1-2H3. The fourth-order valence-electron chi connectivity index (χ4n) is 2.42. The minimum atomic E-state index is -0.176. The van der Waals surface area contributed by atoms with Gasteiger partial charge in [0.05, 0.1) is 6.10 Å². The van der Waals surface area contributed by atoms with Gasteiger partial charge >= 0.3 is 0 Å². The van der Waals surface area contributed by atoms with Gasteiger partial charge in [0.25, 0.3) is 0 Å². The molecule has 0 bridgehead atoms. The van der Waals surface area contributed by atoms with Crippen LogP contribution in [-0.4, -0.2) is 41.3 Å². The summed E-state index contributed by atoms with van der Waals surface area (Å²) in [6.45, 7) is 6.18. The van der Waals surface area contributed by atoms with E-state index in [1.807, 2.05) is 6.92 Å². The third kappa shape index (κ3) is 4.49. The number of nitrogens with zero attached hydrogens (tertiary/aromatic N) is 1. The van der Waals surface area contributed by atoms with Crippen molar-refractivity contribution in [3.63, 3.8) is 0 Å². The number of hydrogen-bond acceptors (Lipinski definition) is 3. The predicted molar refractivity (Wildman–Crippen MR) is 63.8 cm³/mol. The Labute approximate surface area is 93.6 Å². The Morgan fingerprint density at radius 3 is 2.40 bits per heavy atom. The number of rotatable bonds is 5. The van der Waals surface area contributed by atoms with Crippen LogP contribution in [-0.2, 0) is 0 Å². The summed E-state index contributed by atoms with van der Waals surface area (Å²) in [5.41, 5.74) is 5.90. The second-order valence-corrected chi connectivity index (χ2v) is 4.83. The first kappa shape index (κ1) is 12.9. The Morgan fingerprint density at radius 1 is 1.33 bits per heavy atom. The van der Waals surface area contributed by atoms with Gasteiger partial charge in [-0.2, -0.15) is 0 Å². The van der Waals surface area contributed by atoms with Crippen LogP contribution < -0.4 is 5.73 Å². The lowest BCUT2D eigenvalue weighted by molar-refractivity contribution is 0.117. The molecule has 0 amide bonds. The molecule has 0 saturated heterocycles. The molecule has 0 spiro atoms. The second kappa shape index (κ2) is 6.46. The van der Waals surface area contributed by atoms with Crippen molar-refractivity contribution in [3.05, 3.63) is 0 Å². The van der Waals surface area contributed by atoms with Crippen molar-refractivity contribution in [2.45, 2.75) is 64.1 Å². The van der Waals surface area contributed by atoms with Crippen LogP contribution in [0.4, 0.5) is 0 Å². The Bertz CT molecular complexity index is 165. The fraction of sp³-hybridized carbons (Fsp3) is 1.00. The van der Waals surface area contributed by atoms with Gasteiger partial charge in [-0.15, -0.1) is 0 Å². The molecule has 3 N–H and O–H groups in total. The smallest absolute Gasteiger partial charge is 0.0524 e. The average molecular weight is 214 g/mol. The average Bonchev–Trinajstić information content (AvgIpc) is 2.21. The van der Waals surface area contributed by atoms with Crippen LogP contribution in [0.15, 0.2) is 0 Å². The lowest BCUT2D eigenvalue weighted by Gasteiger charge is -2.35. The molecular weight excluding hydrogens is 188 g/mol. The summed E-state index contributed by atoms with van der Waals surface area (Å²) in [6, 6.07) is 1.13. The lowest BCUT2D eigenvalue weighted by Crippen LogP contribution is -2.41. The molecule has 1 unspecified atom stereocenters. The third-order valence-corrected chi connectivity index (χ3v) is 3.50. The summed E-state index contributed by atoms with van der Waals surface area (Å²) in [5.74, 6) is 0. The van der Waals surface area contributed by atoms with Gasteiger partial charge in [-0.1, -0.05) is 6.92 Å². The van der Waals surface area contributed by atoms with E-state index < -0.39 is 0 Å². The molecule has 0 aromatic carbocycles. The maximum Gasteiger partial charge on any atom is 0.0524 e. The topological polar surface area (TPSA) is 49.5 Å². The fourth-order valence-corrected chi connectivity index (χ4v) is 2.42. The van der Waals surface area contributed by atoms with Crippen LogP contribution in [0.3, 0.4) is 0 Å². The first-order valence-corrected chi connectivity index (χ1v) is 6.31. The Balaban J connectivity index is 2.31. The van der Waals surface area contributed by atoms with Crippen molar-refractivity contribution in [2.75, 3.05) is 13.1 Å². The molecule has 90 valence electrons. The molecule has 1 saturated carbocycles. The van der Waals surface area contributed by atoms with Crippen LogP contribution in [0.1, 0.15) is 46.0 Å². The summed E-state index contributed by atoms with van der Waals surface area (Å²) in [4.78, 5) is 2.50. The molecule has 1 fully saturated rings. The van der Waals surface area contributed by atoms with E-state index in [2.05, 4.69) is 11.8 Å². The first-order chi connectivity index (χ1) is 7.13. The molecule has 3 heteroatoms. The van der Waals surface area contributed by atoms with Gasteiger partial charge in [-0.25, -0.2) is 0 Å². The van der Waals surface area contributed by atoms with Crippen molar-refractivity contribution in [1.82, 2.24) is 4.90 Å². The molecular formula is C12H26N2O. The van der Waals surface area contributed by atoms with Crippen LogP contribution in [0, 0.1) is 0 Å². The van der Waals surface area contributed by atoms with Gasteiger partial charge in [-0.05, 0) is 45.6 Å². The number of aliphatic hydroxyl groups excluding tert-OH is 1. The van der Waals surface area contributed by atoms with Crippen LogP contribution in [0.2, 0.25) is 0 Å². The molecule has 0 aromatic rings. The molecule has 15 heavy (non-hydrogen) atoms. The van der Waals surface area contributed by atoms with Crippen molar-refractivity contribution in [2.24, 2.45) is 5.73 Å². The normalized spacial score (nSPS) is 29.4. The van der Waals surface area contributed by atoms with E-state index in [1.54, 1.807) is 0 Å². The Hall–Kier alpha value is -0.120. The molecule has 0 radical (unpaired) electrons. The van der Waals surface area contributed by atoms with E-state index in [0.29, 0.717) is 12.1 Å². The van der Waals surface area contributed by atoms with Crippen LogP contribution >= 0.6 is 0 Å². The number of aliphatic hydroxyl groups is 1. The highest BCUT2D eigenvalue weighted by Gasteiger charge is 2.23. The van der Waals surface area contributed by atoms with E-state index in [9.17, 15) is 5.11 Å². The van der Waals surface area contributed by atoms with Crippen LogP contribution in [0.5, 0.6) is 0 Å². The van der Waals surface area contributed by atoms with E-state index in [0.717, 1.165) is 32.4 Å². The molecule has 0 aliphatic heterocycles. The van der Waals surface area contributed by atoms with Gasteiger partial charge in [0, 0.05) is 18.6 Å². The number of nitrogens with two attached hydrogens (primary N) is 1. The zero-order valence-corrected chi connectivity index (χ0v) is 10.2. The molecule has 1 atom stereocenters. The molecule has 1 aliphatic carbocycles. The van der Waals surface area contributed by atoms with Crippen molar-refractivity contribution in [3.8, 4) is 0 Å². The highest BCUT2D eigenvalue weighted by Crippen LogP contribution is 2.22. The van der Waals surface area contributed by atoms with Crippen molar-refractivity contribution < 1.29 is 5.11 Å². The van der Waals surface area contributed by atoms with Gasteiger partial charge in [0.15, 0.2) is 0 Å². The van der Waals surface area contributed by atoms with Crippen molar-refractivity contribution >= 4 is 0 Å². The zero-order chi connectivity index (χ0) is 11.3. The molecule has 0 heterocycles. The van der Waals surface area contributed by atoms with Crippen LogP contribution in [0.25, 0.3) is 0 Å². The zero-order valence-electron chi connectivity index (χ0n) is 10.2. The molecule has 1 aliphatic rings. The summed E-state index contributed by atoms with van der Waals surface area (Å²) >= 11 is 0. The first-order valence-electron chi connectivity index (χ1n) is 6.31. The quantitative estimate of drug-likeness (QED) is 0.726. The highest BCUT2D eigenvalue weighted by molar-refractivity contribution is 4.80. The Kier molecular flexibility index (Phi) is 5.58. The Morgan fingerprint density at radius 2 is 1.93 bits per heavy atom.